The molecule has 0 aliphatic heterocycles. The van der Waals surface area contributed by atoms with E-state index in [0.29, 0.717) is 6.04 Å². The molecule has 0 amide bonds. The van der Waals surface area contributed by atoms with E-state index in [1.807, 2.05) is 0 Å². The van der Waals surface area contributed by atoms with Crippen molar-refractivity contribution >= 4 is 0 Å². The van der Waals surface area contributed by atoms with E-state index < -0.39 is 0 Å². The monoisotopic (exact) mass is 261 g/mol. The predicted molar refractivity (Wildman–Crippen MR) is 80.3 cm³/mol. The van der Waals surface area contributed by atoms with E-state index in [1.54, 1.807) is 7.11 Å². The van der Waals surface area contributed by atoms with Crippen molar-refractivity contribution in [1.82, 2.24) is 5.48 Å². The lowest BCUT2D eigenvalue weighted by molar-refractivity contribution is 0.0470. The number of rotatable bonds is 3. The maximum atomic E-state index is 5.04. The molecular weight excluding hydrogens is 234 g/mol. The Morgan fingerprint density at radius 1 is 1.11 bits per heavy atom. The Morgan fingerprint density at radius 3 is 2.37 bits per heavy atom. The number of hydrogen-bond donors (Lipinski definition) is 1. The lowest BCUT2D eigenvalue weighted by atomic mass is 9.79. The van der Waals surface area contributed by atoms with Crippen LogP contribution in [0.1, 0.15) is 63.5 Å². The van der Waals surface area contributed by atoms with Gasteiger partial charge in [-0.05, 0) is 48.1 Å². The molecule has 19 heavy (non-hydrogen) atoms. The Bertz CT molecular complexity index is 400. The molecule has 0 atom stereocenters. The number of benzene rings is 1. The summed E-state index contributed by atoms with van der Waals surface area (Å²) in [5.41, 5.74) is 6.30. The fourth-order valence-corrected chi connectivity index (χ4v) is 2.97. The zero-order chi connectivity index (χ0) is 13.9. The van der Waals surface area contributed by atoms with Crippen LogP contribution in [-0.2, 0) is 10.3 Å². The van der Waals surface area contributed by atoms with Gasteiger partial charge in [0.15, 0.2) is 0 Å². The van der Waals surface area contributed by atoms with Gasteiger partial charge in [-0.3, -0.25) is 0 Å². The van der Waals surface area contributed by atoms with Gasteiger partial charge in [-0.25, -0.2) is 0 Å². The lowest BCUT2D eigenvalue weighted by Crippen LogP contribution is -2.31. The van der Waals surface area contributed by atoms with Crippen molar-refractivity contribution < 1.29 is 4.84 Å². The normalized spacial score (nSPS) is 24.4. The van der Waals surface area contributed by atoms with E-state index in [4.69, 9.17) is 4.84 Å². The van der Waals surface area contributed by atoms with Gasteiger partial charge in [0.25, 0.3) is 0 Å². The van der Waals surface area contributed by atoms with Crippen LogP contribution in [-0.4, -0.2) is 13.2 Å². The molecule has 2 heteroatoms. The Hall–Kier alpha value is -0.860. The van der Waals surface area contributed by atoms with Crippen LogP contribution in [0.25, 0.3) is 0 Å². The molecule has 0 bridgehead atoms. The van der Waals surface area contributed by atoms with E-state index in [0.717, 1.165) is 5.92 Å². The molecule has 0 aromatic heterocycles. The first-order valence-electron chi connectivity index (χ1n) is 7.39. The van der Waals surface area contributed by atoms with Crippen LogP contribution in [0.4, 0.5) is 0 Å². The molecule has 0 radical (unpaired) electrons. The predicted octanol–water partition coefficient (Wildman–Crippen LogP) is 4.16. The van der Waals surface area contributed by atoms with Crippen molar-refractivity contribution in [3.8, 4) is 0 Å². The molecule has 1 fully saturated rings. The second kappa shape index (κ2) is 6.06. The molecule has 1 aromatic carbocycles. The minimum absolute atomic E-state index is 0.241. The third kappa shape index (κ3) is 3.80. The standard InChI is InChI=1S/C17H27NO/c1-17(2,3)15-7-5-6-14(12-15)13-8-10-16(11-9-13)18-19-4/h5-7,12-13,16,18H,8-11H2,1-4H3. The van der Waals surface area contributed by atoms with Gasteiger partial charge in [-0.2, -0.15) is 5.48 Å². The second-order valence-corrected chi connectivity index (χ2v) is 6.75. The maximum Gasteiger partial charge on any atom is 0.0572 e. The highest BCUT2D eigenvalue weighted by Crippen LogP contribution is 2.34. The minimum atomic E-state index is 0.241. The molecule has 1 N–H and O–H groups in total. The summed E-state index contributed by atoms with van der Waals surface area (Å²) in [6, 6.07) is 9.71. The van der Waals surface area contributed by atoms with Gasteiger partial charge >= 0.3 is 0 Å². The van der Waals surface area contributed by atoms with E-state index >= 15 is 0 Å². The number of hydrogen-bond acceptors (Lipinski definition) is 2. The van der Waals surface area contributed by atoms with Crippen molar-refractivity contribution in [2.75, 3.05) is 7.11 Å². The van der Waals surface area contributed by atoms with Gasteiger partial charge in [0.05, 0.1) is 7.11 Å². The highest BCUT2D eigenvalue weighted by atomic mass is 16.6. The summed E-state index contributed by atoms with van der Waals surface area (Å²) in [6.07, 6.45) is 4.93. The van der Waals surface area contributed by atoms with Crippen molar-refractivity contribution in [2.24, 2.45) is 0 Å². The van der Waals surface area contributed by atoms with Crippen LogP contribution in [0.2, 0.25) is 0 Å². The van der Waals surface area contributed by atoms with E-state index in [-0.39, 0.29) is 5.41 Å². The third-order valence-electron chi connectivity index (χ3n) is 4.24. The van der Waals surface area contributed by atoms with E-state index in [9.17, 15) is 0 Å². The van der Waals surface area contributed by atoms with Crippen molar-refractivity contribution in [3.05, 3.63) is 35.4 Å². The van der Waals surface area contributed by atoms with Crippen LogP contribution in [0.3, 0.4) is 0 Å². The van der Waals surface area contributed by atoms with Crippen LogP contribution < -0.4 is 5.48 Å². The summed E-state index contributed by atoms with van der Waals surface area (Å²) in [6.45, 7) is 6.85. The first-order chi connectivity index (χ1) is 9.00. The molecule has 2 nitrogen and oxygen atoms in total. The third-order valence-corrected chi connectivity index (χ3v) is 4.24. The van der Waals surface area contributed by atoms with Crippen molar-refractivity contribution in [3.63, 3.8) is 0 Å². The fourth-order valence-electron chi connectivity index (χ4n) is 2.97. The Labute approximate surface area is 117 Å². The molecular formula is C17H27NO. The molecule has 1 aromatic rings. The van der Waals surface area contributed by atoms with Crippen LogP contribution in [0, 0.1) is 0 Å². The van der Waals surface area contributed by atoms with Gasteiger partial charge in [0.2, 0.25) is 0 Å². The quantitative estimate of drug-likeness (QED) is 0.825. The van der Waals surface area contributed by atoms with Gasteiger partial charge in [0, 0.05) is 6.04 Å². The smallest absolute Gasteiger partial charge is 0.0572 e. The summed E-state index contributed by atoms with van der Waals surface area (Å²) in [7, 11) is 1.71. The minimum Gasteiger partial charge on any atom is -0.305 e. The molecule has 106 valence electrons. The van der Waals surface area contributed by atoms with Gasteiger partial charge in [-0.15, -0.1) is 0 Å². The fraction of sp³-hybridized carbons (Fsp3) is 0.647. The topological polar surface area (TPSA) is 21.3 Å². The zero-order valence-electron chi connectivity index (χ0n) is 12.7. The molecule has 1 aliphatic carbocycles. The van der Waals surface area contributed by atoms with Crippen LogP contribution in [0.15, 0.2) is 24.3 Å². The van der Waals surface area contributed by atoms with Crippen LogP contribution in [0.5, 0.6) is 0 Å². The molecule has 0 spiro atoms. The number of hydroxylamine groups is 1. The summed E-state index contributed by atoms with van der Waals surface area (Å²) in [5, 5.41) is 0. The average molecular weight is 261 g/mol. The second-order valence-electron chi connectivity index (χ2n) is 6.75. The summed E-state index contributed by atoms with van der Waals surface area (Å²) in [4.78, 5) is 5.04. The summed E-state index contributed by atoms with van der Waals surface area (Å²) < 4.78 is 0. The van der Waals surface area contributed by atoms with Gasteiger partial charge in [0.1, 0.15) is 0 Å². The Morgan fingerprint density at radius 2 is 1.79 bits per heavy atom. The molecule has 1 aliphatic rings. The highest BCUT2D eigenvalue weighted by Gasteiger charge is 2.23. The molecule has 2 rings (SSSR count). The maximum absolute atomic E-state index is 5.04. The van der Waals surface area contributed by atoms with Gasteiger partial charge < -0.3 is 4.84 Å². The lowest BCUT2D eigenvalue weighted by Gasteiger charge is -2.29. The van der Waals surface area contributed by atoms with E-state index in [1.165, 1.54) is 36.8 Å². The highest BCUT2D eigenvalue weighted by molar-refractivity contribution is 5.31. The molecule has 1 saturated carbocycles. The molecule has 0 saturated heterocycles. The molecule has 0 heterocycles. The van der Waals surface area contributed by atoms with Gasteiger partial charge in [-0.1, -0.05) is 45.0 Å². The summed E-state index contributed by atoms with van der Waals surface area (Å²) in [5.74, 6) is 0.720. The molecule has 0 unspecified atom stereocenters. The largest absolute Gasteiger partial charge is 0.305 e. The van der Waals surface area contributed by atoms with Crippen LogP contribution >= 0.6 is 0 Å². The van der Waals surface area contributed by atoms with Crippen molar-refractivity contribution in [1.29, 1.82) is 0 Å². The first-order valence-corrected chi connectivity index (χ1v) is 7.39. The Balaban J connectivity index is 2.03. The SMILES string of the molecule is CONC1CCC(c2cccc(C(C)(C)C)c2)CC1. The number of nitrogens with one attached hydrogen (secondary N) is 1. The average Bonchev–Trinajstić information content (AvgIpc) is 2.39. The Kier molecular flexibility index (Phi) is 4.64. The van der Waals surface area contributed by atoms with E-state index in [2.05, 4.69) is 50.5 Å². The zero-order valence-corrected chi connectivity index (χ0v) is 12.7. The summed E-state index contributed by atoms with van der Waals surface area (Å²) >= 11 is 0. The first kappa shape index (κ1) is 14.5. The van der Waals surface area contributed by atoms with Crippen molar-refractivity contribution in [2.45, 2.75) is 63.8 Å².